The number of hydrogen-bond acceptors (Lipinski definition) is 7. The number of fused-ring (bicyclic) bond motifs is 1. The fraction of sp³-hybridized carbons (Fsp3) is 0.421. The highest BCUT2D eigenvalue weighted by atomic mass is 16.2. The first kappa shape index (κ1) is 18.1. The third-order valence-corrected chi connectivity index (χ3v) is 4.92. The molecular formula is C19H24N8O. The lowest BCUT2D eigenvalue weighted by atomic mass is 10.3. The highest BCUT2D eigenvalue weighted by Gasteiger charge is 2.20. The Bertz CT molecular complexity index is 991. The van der Waals surface area contributed by atoms with Gasteiger partial charge in [-0.1, -0.05) is 0 Å². The molecule has 0 unspecified atom stereocenters. The van der Waals surface area contributed by atoms with Crippen LogP contribution in [0.2, 0.25) is 0 Å². The number of pyridine rings is 1. The number of carbonyl (C=O) groups is 1. The van der Waals surface area contributed by atoms with Crippen molar-refractivity contribution in [2.24, 2.45) is 0 Å². The molecule has 1 N–H and O–H groups in total. The van der Waals surface area contributed by atoms with Crippen LogP contribution in [0.4, 0.5) is 17.6 Å². The van der Waals surface area contributed by atoms with Crippen LogP contribution in [0.5, 0.6) is 0 Å². The SMILES string of the molecule is CC(=O)N1CCN(c2nccc(Nc3cc4c(cn3)ncn4C(C)C)n2)CC1. The Balaban J connectivity index is 1.52. The van der Waals surface area contributed by atoms with E-state index in [1.54, 1.807) is 19.3 Å². The van der Waals surface area contributed by atoms with Crippen LogP contribution in [-0.4, -0.2) is 61.5 Å². The van der Waals surface area contributed by atoms with Crippen LogP contribution in [0.1, 0.15) is 26.8 Å². The summed E-state index contributed by atoms with van der Waals surface area (Å²) in [6, 6.07) is 4.12. The third kappa shape index (κ3) is 3.60. The molecule has 0 bridgehead atoms. The molecule has 4 heterocycles. The Morgan fingerprint density at radius 1 is 1.11 bits per heavy atom. The molecule has 3 aromatic rings. The van der Waals surface area contributed by atoms with Gasteiger partial charge in [0.25, 0.3) is 0 Å². The second-order valence-electron chi connectivity index (χ2n) is 7.16. The van der Waals surface area contributed by atoms with Crippen LogP contribution in [0.25, 0.3) is 11.0 Å². The zero-order valence-electron chi connectivity index (χ0n) is 16.3. The van der Waals surface area contributed by atoms with Crippen molar-refractivity contribution >= 4 is 34.5 Å². The van der Waals surface area contributed by atoms with Gasteiger partial charge in [-0.2, -0.15) is 4.98 Å². The van der Waals surface area contributed by atoms with E-state index in [4.69, 9.17) is 0 Å². The van der Waals surface area contributed by atoms with Gasteiger partial charge in [-0.3, -0.25) is 4.79 Å². The number of hydrogen-bond donors (Lipinski definition) is 1. The quantitative estimate of drug-likeness (QED) is 0.742. The standard InChI is InChI=1S/C19H24N8O/c1-13(2)27-12-22-15-11-21-18(10-16(15)27)23-17-4-5-20-19(24-17)26-8-6-25(7-9-26)14(3)28/h4-5,10-13H,6-9H2,1-3H3,(H,20,21,23,24). The van der Waals surface area contributed by atoms with Crippen molar-refractivity contribution in [3.8, 4) is 0 Å². The number of imidazole rings is 1. The summed E-state index contributed by atoms with van der Waals surface area (Å²) in [7, 11) is 0. The molecule has 0 aromatic carbocycles. The van der Waals surface area contributed by atoms with Crippen molar-refractivity contribution in [2.75, 3.05) is 36.4 Å². The summed E-state index contributed by atoms with van der Waals surface area (Å²) < 4.78 is 2.11. The van der Waals surface area contributed by atoms with Crippen molar-refractivity contribution in [1.29, 1.82) is 0 Å². The third-order valence-electron chi connectivity index (χ3n) is 4.92. The lowest BCUT2D eigenvalue weighted by molar-refractivity contribution is -0.129. The molecule has 28 heavy (non-hydrogen) atoms. The van der Waals surface area contributed by atoms with Crippen LogP contribution in [0.3, 0.4) is 0 Å². The van der Waals surface area contributed by atoms with Crippen LogP contribution in [-0.2, 0) is 4.79 Å². The Kier molecular flexibility index (Phi) is 4.81. The number of rotatable bonds is 4. The first-order chi connectivity index (χ1) is 13.5. The van der Waals surface area contributed by atoms with E-state index in [0.717, 1.165) is 24.1 Å². The van der Waals surface area contributed by atoms with Crippen LogP contribution in [0.15, 0.2) is 30.9 Å². The zero-order valence-corrected chi connectivity index (χ0v) is 16.3. The molecule has 9 nitrogen and oxygen atoms in total. The van der Waals surface area contributed by atoms with Gasteiger partial charge in [0.05, 0.1) is 18.0 Å². The fourth-order valence-corrected chi connectivity index (χ4v) is 3.33. The van der Waals surface area contributed by atoms with Crippen LogP contribution >= 0.6 is 0 Å². The smallest absolute Gasteiger partial charge is 0.227 e. The largest absolute Gasteiger partial charge is 0.339 e. The molecule has 4 rings (SSSR count). The fourth-order valence-electron chi connectivity index (χ4n) is 3.33. The van der Waals surface area contributed by atoms with E-state index < -0.39 is 0 Å². The summed E-state index contributed by atoms with van der Waals surface area (Å²) in [5.74, 6) is 2.15. The van der Waals surface area contributed by atoms with Gasteiger partial charge in [0.2, 0.25) is 11.9 Å². The Morgan fingerprint density at radius 3 is 2.61 bits per heavy atom. The molecule has 1 aliphatic rings. The number of piperazine rings is 1. The van der Waals surface area contributed by atoms with Gasteiger partial charge in [-0.05, 0) is 19.9 Å². The predicted octanol–water partition coefficient (Wildman–Crippen LogP) is 2.21. The van der Waals surface area contributed by atoms with Gasteiger partial charge in [-0.15, -0.1) is 0 Å². The Morgan fingerprint density at radius 2 is 1.89 bits per heavy atom. The topological polar surface area (TPSA) is 92.1 Å². The molecule has 1 saturated heterocycles. The molecule has 0 radical (unpaired) electrons. The molecule has 0 aliphatic carbocycles. The summed E-state index contributed by atoms with van der Waals surface area (Å²) >= 11 is 0. The molecule has 0 saturated carbocycles. The first-order valence-corrected chi connectivity index (χ1v) is 9.44. The molecule has 9 heteroatoms. The van der Waals surface area contributed by atoms with E-state index in [-0.39, 0.29) is 5.91 Å². The minimum absolute atomic E-state index is 0.109. The van der Waals surface area contributed by atoms with Gasteiger partial charge < -0.3 is 19.7 Å². The van der Waals surface area contributed by atoms with E-state index in [9.17, 15) is 4.79 Å². The Hall–Kier alpha value is -3.23. The number of carbonyl (C=O) groups excluding carboxylic acids is 1. The van der Waals surface area contributed by atoms with Crippen LogP contribution < -0.4 is 10.2 Å². The summed E-state index contributed by atoms with van der Waals surface area (Å²) in [6.45, 7) is 8.67. The van der Waals surface area contributed by atoms with E-state index in [1.165, 1.54) is 0 Å². The van der Waals surface area contributed by atoms with Crippen molar-refractivity contribution in [1.82, 2.24) is 29.4 Å². The molecule has 1 aliphatic heterocycles. The molecule has 1 fully saturated rings. The molecule has 146 valence electrons. The second-order valence-corrected chi connectivity index (χ2v) is 7.16. The van der Waals surface area contributed by atoms with Crippen LogP contribution in [0, 0.1) is 0 Å². The first-order valence-electron chi connectivity index (χ1n) is 9.44. The van der Waals surface area contributed by atoms with Crippen molar-refractivity contribution in [2.45, 2.75) is 26.8 Å². The van der Waals surface area contributed by atoms with Crippen molar-refractivity contribution in [3.05, 3.63) is 30.9 Å². The van der Waals surface area contributed by atoms with Crippen molar-refractivity contribution in [3.63, 3.8) is 0 Å². The monoisotopic (exact) mass is 380 g/mol. The number of aromatic nitrogens is 5. The molecule has 0 atom stereocenters. The minimum atomic E-state index is 0.109. The van der Waals surface area contributed by atoms with Crippen molar-refractivity contribution < 1.29 is 4.79 Å². The van der Waals surface area contributed by atoms with E-state index in [0.29, 0.717) is 36.7 Å². The number of nitrogens with zero attached hydrogens (tertiary/aromatic N) is 7. The lowest BCUT2D eigenvalue weighted by Crippen LogP contribution is -2.48. The summed E-state index contributed by atoms with van der Waals surface area (Å²) in [6.07, 6.45) is 5.34. The van der Waals surface area contributed by atoms with E-state index in [2.05, 4.69) is 48.6 Å². The average molecular weight is 380 g/mol. The highest BCUT2D eigenvalue weighted by molar-refractivity contribution is 5.78. The van der Waals surface area contributed by atoms with E-state index in [1.807, 2.05) is 23.4 Å². The minimum Gasteiger partial charge on any atom is -0.339 e. The number of amides is 1. The maximum atomic E-state index is 11.5. The summed E-state index contributed by atoms with van der Waals surface area (Å²) in [4.78, 5) is 33.3. The van der Waals surface area contributed by atoms with Gasteiger partial charge in [0.1, 0.15) is 17.2 Å². The van der Waals surface area contributed by atoms with Gasteiger partial charge >= 0.3 is 0 Å². The zero-order chi connectivity index (χ0) is 19.7. The summed E-state index contributed by atoms with van der Waals surface area (Å²) in [5, 5.41) is 3.26. The maximum Gasteiger partial charge on any atom is 0.227 e. The molecule has 3 aromatic heterocycles. The number of nitrogens with one attached hydrogen (secondary N) is 1. The van der Waals surface area contributed by atoms with Gasteiger partial charge in [0, 0.05) is 51.4 Å². The normalized spacial score (nSPS) is 14.7. The second kappa shape index (κ2) is 7.41. The molecular weight excluding hydrogens is 356 g/mol. The maximum absolute atomic E-state index is 11.5. The molecule has 1 amide bonds. The van der Waals surface area contributed by atoms with E-state index >= 15 is 0 Å². The predicted molar refractivity (Wildman–Crippen MR) is 108 cm³/mol. The van der Waals surface area contributed by atoms with Gasteiger partial charge in [-0.25, -0.2) is 15.0 Å². The molecule has 0 spiro atoms. The average Bonchev–Trinajstić information content (AvgIpc) is 3.12. The summed E-state index contributed by atoms with van der Waals surface area (Å²) in [5.41, 5.74) is 1.90. The van der Waals surface area contributed by atoms with Gasteiger partial charge in [0.15, 0.2) is 0 Å². The lowest BCUT2D eigenvalue weighted by Gasteiger charge is -2.34. The number of anilines is 3. The Labute approximate surface area is 163 Å². The highest BCUT2D eigenvalue weighted by Crippen LogP contribution is 2.22.